The van der Waals surface area contributed by atoms with Gasteiger partial charge in [-0.3, -0.25) is 0 Å². The number of rotatable bonds is 4. The van der Waals surface area contributed by atoms with Gasteiger partial charge in [-0.25, -0.2) is 0 Å². The molecule has 0 saturated heterocycles. The molecule has 2 radical (unpaired) electrons. The maximum Gasteiger partial charge on any atom is 3.00 e. The van der Waals surface area contributed by atoms with E-state index in [0.717, 1.165) is 26.4 Å². The van der Waals surface area contributed by atoms with Gasteiger partial charge in [0.05, 0.1) is 90.8 Å². The molecule has 0 aliphatic heterocycles. The molecule has 22 heteroatoms. The summed E-state index contributed by atoms with van der Waals surface area (Å²) < 4.78 is 9.67. The summed E-state index contributed by atoms with van der Waals surface area (Å²) in [4.78, 5) is 0. The van der Waals surface area contributed by atoms with Gasteiger partial charge in [-0.05, 0) is 339 Å². The quantitative estimate of drug-likeness (QED) is 0.207. The fraction of sp³-hybridized carbons (Fsp3) is 1.00. The Morgan fingerprint density at radius 1 is 0.179 bits per heavy atom. The topological polar surface area (TPSA) is 18.5 Å². The van der Waals surface area contributed by atoms with Crippen LogP contribution >= 0.6 is 42.1 Å². The molecule has 0 heterocycles. The molecule has 0 bridgehead atoms. The molecule has 0 aromatic heterocycles. The molecule has 474 valence electrons. The summed E-state index contributed by atoms with van der Waals surface area (Å²) >= 11 is 0. The summed E-state index contributed by atoms with van der Waals surface area (Å²) in [6, 6.07) is 0. The third-order valence-corrected chi connectivity index (χ3v) is 12.9. The maximum absolute atomic E-state index is 4.83. The minimum Gasteiger partial charge on any atom is -0.382 e. The van der Waals surface area contributed by atoms with E-state index in [0.29, 0.717) is 153 Å². The Morgan fingerprint density at radius 3 is 0.231 bits per heavy atom. The monoisotopic (exact) mass is 1470 g/mol. The molecular weight excluding hydrogens is 1310 g/mol. The van der Waals surface area contributed by atoms with Crippen molar-refractivity contribution in [3.8, 4) is 0 Å². The van der Waals surface area contributed by atoms with Gasteiger partial charge in [0, 0.05) is 26.4 Å². The molecule has 0 unspecified atom stereocenters. The van der Waals surface area contributed by atoms with Gasteiger partial charge in [0.25, 0.3) is 0 Å². The van der Waals surface area contributed by atoms with Crippen LogP contribution in [0, 0.1) is 81.7 Å². The van der Waals surface area contributed by atoms with Gasteiger partial charge in [0.15, 0.2) is 0 Å². The maximum atomic E-state index is 4.83. The molecule has 0 saturated carbocycles. The second-order valence-corrected chi connectivity index (χ2v) is 45.7. The van der Waals surface area contributed by atoms with Gasteiger partial charge in [0.2, 0.25) is 0 Å². The van der Waals surface area contributed by atoms with Gasteiger partial charge in [-0.1, -0.05) is 0 Å². The predicted octanol–water partition coefficient (Wildman–Crippen LogP) is 9.06. The Morgan fingerprint density at radius 2 is 0.231 bits per heavy atom. The van der Waals surface area contributed by atoms with Gasteiger partial charge in [-0.2, -0.15) is 0 Å². The van der Waals surface area contributed by atoms with Gasteiger partial charge < -0.3 is 51.6 Å². The van der Waals surface area contributed by atoms with Crippen molar-refractivity contribution in [2.24, 2.45) is 0 Å². The Labute approximate surface area is 582 Å². The Kier molecular flexibility index (Phi) is 52.5. The summed E-state index contributed by atoms with van der Waals surface area (Å²) in [5.41, 5.74) is 0. The van der Waals surface area contributed by atoms with Gasteiger partial charge in [0.1, 0.15) is 0 Å². The molecule has 2 nitrogen and oxygen atoms in total. The minimum absolute atomic E-state index is 0. The average Bonchev–Trinajstić information content (AvgIpc) is 3.09. The summed E-state index contributed by atoms with van der Waals surface area (Å²) in [6.45, 7) is 101. The van der Waals surface area contributed by atoms with Crippen molar-refractivity contribution < 1.29 is 91.2 Å². The zero-order valence-electron chi connectivity index (χ0n) is 53.3. The molecule has 78 heavy (non-hydrogen) atoms. The Bertz CT molecular complexity index is 1140. The normalized spacial score (nSPS) is 14.0. The molecule has 0 spiro atoms. The molecule has 0 rings (SSSR count). The number of hydrogen-bond acceptors (Lipinski definition) is 2. The first-order chi connectivity index (χ1) is 31.8. The second-order valence-electron chi connectivity index (χ2n) is 28.3. The molecule has 0 aliphatic carbocycles. The zero-order chi connectivity index (χ0) is 65.2. The molecule has 0 amide bonds. The molecular formula is C56H164B12Nd2O2P6. The van der Waals surface area contributed by atoms with E-state index >= 15 is 0 Å². The third-order valence-electron chi connectivity index (χ3n) is 4.84. The van der Waals surface area contributed by atoms with Crippen LogP contribution in [-0.2, 0) is 9.47 Å². The molecule has 0 fully saturated rings. The van der Waals surface area contributed by atoms with E-state index in [1.165, 1.54) is 0 Å². The van der Waals surface area contributed by atoms with E-state index in [9.17, 15) is 0 Å². The molecule has 0 aromatic rings. The van der Waals surface area contributed by atoms with Crippen LogP contribution in [-0.4, -0.2) is 179 Å². The van der Waals surface area contributed by atoms with E-state index < -0.39 is 0 Å². The van der Waals surface area contributed by atoms with Crippen molar-refractivity contribution in [3.05, 3.63) is 0 Å². The van der Waals surface area contributed by atoms with Crippen molar-refractivity contribution in [1.82, 2.24) is 0 Å². The minimum atomic E-state index is -0.310. The van der Waals surface area contributed by atoms with Crippen LogP contribution in [0.2, 0.25) is 0 Å². The molecule has 0 N–H and O–H groups in total. The summed E-state index contributed by atoms with van der Waals surface area (Å²) in [5.74, 6) is 0. The zero-order valence-corrected chi connectivity index (χ0v) is 65.1. The van der Waals surface area contributed by atoms with Crippen LogP contribution in [0.4, 0.5) is 0 Å². The summed E-state index contributed by atoms with van der Waals surface area (Å²) in [5, 5.41) is 8.56. The van der Waals surface area contributed by atoms with Gasteiger partial charge >= 0.3 is 81.7 Å². The number of ether oxygens (including phenoxy) is 2. The van der Waals surface area contributed by atoms with Crippen LogP contribution in [0.3, 0.4) is 0 Å². The van der Waals surface area contributed by atoms with Crippen molar-refractivity contribution >= 4 is 133 Å². The smallest absolute Gasteiger partial charge is 0.382 e. The second kappa shape index (κ2) is 38.7. The largest absolute Gasteiger partial charge is 3.00 e. The first-order valence-corrected chi connectivity index (χ1v) is 30.0. The predicted molar refractivity (Wildman–Crippen MR) is 442 cm³/mol. The van der Waals surface area contributed by atoms with E-state index in [1.807, 2.05) is 27.7 Å². The van der Waals surface area contributed by atoms with Crippen LogP contribution in [0.15, 0.2) is 0 Å². The summed E-state index contributed by atoms with van der Waals surface area (Å²) in [6.07, 6.45) is 0. The average molecular weight is 1470 g/mol. The molecule has 0 atom stereocenters. The van der Waals surface area contributed by atoms with E-state index in [4.69, 9.17) is 9.47 Å². The summed E-state index contributed by atoms with van der Waals surface area (Å²) in [7, 11) is 5.56. The molecule has 0 aromatic carbocycles. The fourth-order valence-electron chi connectivity index (χ4n) is 6.45. The van der Waals surface area contributed by atoms with E-state index in [-0.39, 0.29) is 124 Å². The van der Waals surface area contributed by atoms with E-state index in [2.05, 4.69) is 249 Å². The fourth-order valence-corrected chi connectivity index (χ4v) is 18.5. The van der Waals surface area contributed by atoms with Crippen LogP contribution in [0.5, 0.6) is 0 Å². The van der Waals surface area contributed by atoms with Crippen molar-refractivity contribution in [2.45, 2.75) is 339 Å². The van der Waals surface area contributed by atoms with Crippen molar-refractivity contribution in [1.29, 1.82) is 0 Å². The van der Waals surface area contributed by atoms with Crippen LogP contribution in [0.25, 0.3) is 0 Å². The first kappa shape index (κ1) is 106. The van der Waals surface area contributed by atoms with Crippen molar-refractivity contribution in [3.63, 3.8) is 0 Å². The van der Waals surface area contributed by atoms with Crippen molar-refractivity contribution in [2.75, 3.05) is 26.4 Å². The SMILES string of the molecule is CCOCC.CCOCC.[BH3-][P+]([BH3-])(C(C)(C)C)C(C)(C)C.[BH3-][P+]([BH3-])(C(C)(C)C)C(C)(C)C.[BH3-][P+]([BH3-])(C(C)(C)C)C(C)(C)C.[BH3-][P+]([BH3-])(C(C)(C)C)C(C)(C)C.[BH3-][P+]([BH3-])(C(C)(C)C)C(C)(C)C.[BH3-][P+]([BH3-])(C(C)(C)C)C(C)(C)C.[Nd+3].[Nd+3]. The van der Waals surface area contributed by atoms with Crippen LogP contribution < -0.4 is 0 Å². The number of hydrogen-bond donors (Lipinski definition) is 0. The van der Waals surface area contributed by atoms with Gasteiger partial charge in [-0.15, -0.1) is 0 Å². The standard InChI is InChI=1S/6C8H24B2P.2C4H10O.2Nd/c6*1-7(2,3)11(9,10)8(4,5)6;2*1-3-5-4-2;;/h6*1-6,9-10H3;2*3-4H2,1-2H3;;/q6*-1;;;2*+3. The third kappa shape index (κ3) is 38.6. The Balaban J connectivity index is -0.0000000854. The Hall–Kier alpha value is 5.98. The first-order valence-electron chi connectivity index (χ1n) is 24.7. The van der Waals surface area contributed by atoms with E-state index in [1.54, 1.807) is 0 Å². The molecule has 0 aliphatic rings. The van der Waals surface area contributed by atoms with Crippen LogP contribution in [0.1, 0.15) is 277 Å².